The maximum absolute atomic E-state index is 7.39. The quantitative estimate of drug-likeness (QED) is 0.204. The molecule has 0 aliphatic rings. The van der Waals surface area contributed by atoms with Crippen molar-refractivity contribution in [3.05, 3.63) is 121 Å². The third-order valence-electron chi connectivity index (χ3n) is 7.13. The molecule has 0 nitrogen and oxygen atoms in total. The largest absolute Gasteiger partial charge is 0.292 e. The molecule has 4 heteroatoms. The molecule has 0 bridgehead atoms. The van der Waals surface area contributed by atoms with Crippen LogP contribution in [0.15, 0.2) is 121 Å². The molecule has 168 valence electrons. The second kappa shape index (κ2) is 11.1. The Morgan fingerprint density at radius 2 is 0.647 bits per heavy atom. The van der Waals surface area contributed by atoms with Crippen molar-refractivity contribution < 1.29 is 0 Å². The highest BCUT2D eigenvalue weighted by molar-refractivity contribution is 8.09. The Balaban J connectivity index is 1.64. The van der Waals surface area contributed by atoms with Crippen molar-refractivity contribution in [3.63, 3.8) is 0 Å². The zero-order chi connectivity index (χ0) is 24.0. The predicted molar refractivity (Wildman–Crippen MR) is 158 cm³/mol. The van der Waals surface area contributed by atoms with Crippen LogP contribution in [-0.4, -0.2) is 26.4 Å². The fraction of sp³-hybridized carbons (Fsp3) is 0.200. The molecule has 0 spiro atoms. The van der Waals surface area contributed by atoms with Gasteiger partial charge >= 0.3 is 0 Å². The lowest BCUT2D eigenvalue weighted by molar-refractivity contribution is 0.715. The fourth-order valence-corrected chi connectivity index (χ4v) is 11.3. The van der Waals surface area contributed by atoms with Crippen LogP contribution in [0.25, 0.3) is 0 Å². The van der Waals surface area contributed by atoms with Crippen LogP contribution in [0.2, 0.25) is 0 Å². The van der Waals surface area contributed by atoms with Crippen LogP contribution in [-0.2, 0) is 0 Å². The van der Waals surface area contributed by atoms with E-state index in [9.17, 15) is 0 Å². The van der Waals surface area contributed by atoms with Crippen LogP contribution in [0.5, 0.6) is 0 Å². The molecule has 0 aliphatic carbocycles. The second-order valence-corrected chi connectivity index (χ2v) is 16.1. The molecule has 0 heterocycles. The van der Waals surface area contributed by atoms with Gasteiger partial charge in [0.05, 0.1) is 0 Å². The summed E-state index contributed by atoms with van der Waals surface area (Å²) in [5, 5.41) is 5.06. The van der Waals surface area contributed by atoms with Crippen LogP contribution in [0, 0.1) is 0 Å². The first-order valence-electron chi connectivity index (χ1n) is 12.0. The predicted octanol–water partition coefficient (Wildman–Crippen LogP) is 6.05. The first-order valence-corrected chi connectivity index (χ1v) is 15.9. The van der Waals surface area contributed by atoms with Gasteiger partial charge in [-0.3, -0.25) is 15.1 Å². The molecule has 2 atom stereocenters. The van der Waals surface area contributed by atoms with E-state index in [0.717, 1.165) is 12.8 Å². The van der Waals surface area contributed by atoms with E-state index in [1.807, 2.05) is 0 Å². The average molecular weight is 476 g/mol. The van der Waals surface area contributed by atoms with Crippen molar-refractivity contribution in [1.82, 2.24) is 0 Å². The van der Waals surface area contributed by atoms with Crippen molar-refractivity contribution in [1.29, 1.82) is 0 Å². The van der Waals surface area contributed by atoms with Gasteiger partial charge in [-0.25, -0.2) is 0 Å². The SMILES string of the molecule is [B-][P+](c1ccccc1)(c1ccccc1)[C@H](C)CC[C@@H](C)[P+]([B-])(c1ccccc1)c1ccccc1. The van der Waals surface area contributed by atoms with E-state index in [-0.39, 0.29) is 0 Å². The fourth-order valence-electron chi connectivity index (χ4n) is 4.90. The van der Waals surface area contributed by atoms with E-state index < -0.39 is 14.3 Å². The Bertz CT molecular complexity index is 978. The van der Waals surface area contributed by atoms with E-state index in [0.29, 0.717) is 11.3 Å². The van der Waals surface area contributed by atoms with Crippen LogP contribution in [0.4, 0.5) is 0 Å². The summed E-state index contributed by atoms with van der Waals surface area (Å²) >= 11 is 0. The van der Waals surface area contributed by atoms with Crippen LogP contribution in [0.3, 0.4) is 0 Å². The lowest BCUT2D eigenvalue weighted by atomic mass is 10.2. The highest BCUT2D eigenvalue weighted by Crippen LogP contribution is 2.60. The summed E-state index contributed by atoms with van der Waals surface area (Å²) in [5.74, 6) is 0. The summed E-state index contributed by atoms with van der Waals surface area (Å²) in [6.45, 7) is 4.67. The van der Waals surface area contributed by atoms with E-state index in [1.54, 1.807) is 0 Å². The Morgan fingerprint density at radius 1 is 0.441 bits per heavy atom. The number of hydrogen-bond donors (Lipinski definition) is 0. The van der Waals surface area contributed by atoms with Gasteiger partial charge < -0.3 is 0 Å². The van der Waals surface area contributed by atoms with Crippen LogP contribution >= 0.6 is 14.3 Å². The van der Waals surface area contributed by atoms with Crippen LogP contribution in [0.1, 0.15) is 26.7 Å². The Morgan fingerprint density at radius 3 is 0.853 bits per heavy atom. The number of hydrogen-bond acceptors (Lipinski definition) is 0. The average Bonchev–Trinajstić information content (AvgIpc) is 2.92. The zero-order valence-corrected chi connectivity index (χ0v) is 22.0. The maximum Gasteiger partial charge on any atom is 0.0469 e. The van der Waals surface area contributed by atoms with E-state index in [1.165, 1.54) is 21.2 Å². The summed E-state index contributed by atoms with van der Waals surface area (Å²) in [7, 11) is 10.7. The Kier molecular flexibility index (Phi) is 8.14. The lowest BCUT2D eigenvalue weighted by Gasteiger charge is -2.45. The molecular weight excluding hydrogens is 444 g/mol. The minimum atomic E-state index is -2.05. The molecule has 0 aromatic heterocycles. The molecule has 4 aromatic carbocycles. The van der Waals surface area contributed by atoms with Gasteiger partial charge in [-0.2, -0.15) is 14.3 Å². The topological polar surface area (TPSA) is 0 Å². The summed E-state index contributed by atoms with van der Waals surface area (Å²) in [6.07, 6.45) is 2.07. The smallest absolute Gasteiger partial charge is 0.0469 e. The Hall–Kier alpha value is -2.13. The van der Waals surface area contributed by atoms with Crippen molar-refractivity contribution in [2.24, 2.45) is 0 Å². The molecule has 4 rings (SSSR count). The van der Waals surface area contributed by atoms with Crippen molar-refractivity contribution in [3.8, 4) is 0 Å². The first-order chi connectivity index (χ1) is 16.5. The zero-order valence-electron chi connectivity index (χ0n) is 20.2. The highest BCUT2D eigenvalue weighted by Gasteiger charge is 2.35. The minimum Gasteiger partial charge on any atom is -0.292 e. The van der Waals surface area contributed by atoms with Crippen molar-refractivity contribution in [2.75, 3.05) is 0 Å². The lowest BCUT2D eigenvalue weighted by Crippen LogP contribution is -2.33. The molecule has 0 unspecified atom stereocenters. The normalized spacial score (nSPS) is 13.9. The molecule has 0 aliphatic heterocycles. The molecule has 34 heavy (non-hydrogen) atoms. The van der Waals surface area contributed by atoms with Crippen molar-refractivity contribution >= 4 is 50.6 Å². The molecule has 6 radical (unpaired) electrons. The minimum absolute atomic E-state index is 0.347. The number of rotatable bonds is 9. The molecule has 0 saturated heterocycles. The monoisotopic (exact) mass is 476 g/mol. The van der Waals surface area contributed by atoms with Gasteiger partial charge in [0.1, 0.15) is 0 Å². The summed E-state index contributed by atoms with van der Waals surface area (Å²) < 4.78 is 0. The van der Waals surface area contributed by atoms with Crippen LogP contribution < -0.4 is 21.2 Å². The third kappa shape index (κ3) is 4.96. The molecule has 0 amide bonds. The Labute approximate surface area is 209 Å². The second-order valence-electron chi connectivity index (χ2n) is 9.17. The molecule has 0 N–H and O–H groups in total. The maximum atomic E-state index is 7.39. The van der Waals surface area contributed by atoms with Gasteiger partial charge in [-0.15, -0.1) is 0 Å². The standard InChI is InChI=1S/C30H32B2P2/c1-25(33(31,27-15-7-3-8-16-27)28-17-9-4-10-18-28)23-24-26(2)34(32,29-19-11-5-12-20-29)30-21-13-6-14-22-30/h3-22,25-26H,23-24H2,1-2H3/t25-,26-/m1/s1. The van der Waals surface area contributed by atoms with Gasteiger partial charge in [0.25, 0.3) is 0 Å². The van der Waals surface area contributed by atoms with Gasteiger partial charge in [0.2, 0.25) is 0 Å². The molecule has 0 fully saturated rings. The third-order valence-corrected chi connectivity index (χ3v) is 15.0. The van der Waals surface area contributed by atoms with Gasteiger partial charge in [0, 0.05) is 32.5 Å². The highest BCUT2D eigenvalue weighted by atomic mass is 31.2. The van der Waals surface area contributed by atoms with Gasteiger partial charge in [0.15, 0.2) is 0 Å². The molecular formula is C30H32B2P2. The van der Waals surface area contributed by atoms with Gasteiger partial charge in [-0.05, 0) is 75.2 Å². The number of benzene rings is 4. The summed E-state index contributed by atoms with van der Waals surface area (Å²) in [6, 6.07) is 42.8. The van der Waals surface area contributed by atoms with Crippen molar-refractivity contribution in [2.45, 2.75) is 38.0 Å². The van der Waals surface area contributed by atoms with E-state index in [2.05, 4.69) is 135 Å². The van der Waals surface area contributed by atoms with E-state index in [4.69, 9.17) is 15.1 Å². The van der Waals surface area contributed by atoms with Gasteiger partial charge in [-0.1, -0.05) is 72.8 Å². The van der Waals surface area contributed by atoms with E-state index >= 15 is 0 Å². The molecule has 0 saturated carbocycles. The molecule has 4 aromatic rings. The summed E-state index contributed by atoms with van der Waals surface area (Å²) in [4.78, 5) is 0. The summed E-state index contributed by atoms with van der Waals surface area (Å²) in [5.41, 5.74) is 0.694. The first kappa shape index (κ1) is 25.0.